The summed E-state index contributed by atoms with van der Waals surface area (Å²) in [5.41, 5.74) is 0. The monoisotopic (exact) mass is 382 g/mol. The molecule has 0 unspecified atom stereocenters. The van der Waals surface area contributed by atoms with Gasteiger partial charge in [0.2, 0.25) is 0 Å². The summed E-state index contributed by atoms with van der Waals surface area (Å²) >= 11 is 0. The second-order valence-electron chi connectivity index (χ2n) is 7.39. The molecule has 1 saturated carbocycles. The first kappa shape index (κ1) is 23.3. The first-order valence-corrected chi connectivity index (χ1v) is 9.57. The SMILES string of the molecule is CC#CC[C@H](C)[C@H](O)C=C[C@@H]1[C@@H](CC(=O)CCCCC(=O)O)[C@@H](F)C[C@H]1O. The van der Waals surface area contributed by atoms with Gasteiger partial charge < -0.3 is 15.3 Å². The number of carboxylic acid groups (broad SMARTS) is 1. The fourth-order valence-electron chi connectivity index (χ4n) is 3.40. The number of aliphatic hydroxyl groups is 2. The Hall–Kier alpha value is -1.71. The molecular weight excluding hydrogens is 351 g/mol. The Bertz CT molecular complexity index is 577. The highest BCUT2D eigenvalue weighted by Gasteiger charge is 2.42. The van der Waals surface area contributed by atoms with E-state index >= 15 is 0 Å². The number of carbonyl (C=O) groups excluding carboxylic acids is 1. The van der Waals surface area contributed by atoms with E-state index in [0.29, 0.717) is 19.3 Å². The molecule has 0 aromatic rings. The zero-order chi connectivity index (χ0) is 20.4. The van der Waals surface area contributed by atoms with Crippen molar-refractivity contribution < 1.29 is 29.3 Å². The average Bonchev–Trinajstić information content (AvgIpc) is 2.87. The standard InChI is InChI=1S/C21H31FO5/c1-3-4-7-14(2)19(24)11-10-16-17(18(22)13-20(16)25)12-15(23)8-5-6-9-21(26)27/h10-11,14,16-20,24-25H,5-9,12-13H2,1-2H3,(H,26,27)/t14-,16+,17+,18-,19+,20+/m0/s1. The Labute approximate surface area is 160 Å². The lowest BCUT2D eigenvalue weighted by molar-refractivity contribution is -0.137. The second kappa shape index (κ2) is 11.9. The Morgan fingerprint density at radius 3 is 2.59 bits per heavy atom. The molecule has 0 aliphatic heterocycles. The maximum Gasteiger partial charge on any atom is 0.303 e. The van der Waals surface area contributed by atoms with E-state index < -0.39 is 36.2 Å². The van der Waals surface area contributed by atoms with Crippen LogP contribution < -0.4 is 0 Å². The van der Waals surface area contributed by atoms with Crippen LogP contribution in [0.5, 0.6) is 0 Å². The Kier molecular flexibility index (Phi) is 10.3. The van der Waals surface area contributed by atoms with E-state index in [9.17, 15) is 24.2 Å². The van der Waals surface area contributed by atoms with Crippen molar-refractivity contribution in [1.82, 2.24) is 0 Å². The van der Waals surface area contributed by atoms with Crippen LogP contribution in [0.25, 0.3) is 0 Å². The molecule has 0 bridgehead atoms. The van der Waals surface area contributed by atoms with Crippen molar-refractivity contribution in [2.45, 2.75) is 77.2 Å². The number of carboxylic acids is 1. The summed E-state index contributed by atoms with van der Waals surface area (Å²) in [6.45, 7) is 3.59. The molecule has 27 heavy (non-hydrogen) atoms. The van der Waals surface area contributed by atoms with Crippen LogP contribution in [0.15, 0.2) is 12.2 Å². The molecule has 3 N–H and O–H groups in total. The molecule has 6 heteroatoms. The zero-order valence-corrected chi connectivity index (χ0v) is 16.1. The van der Waals surface area contributed by atoms with Crippen LogP contribution in [0.1, 0.15) is 58.8 Å². The van der Waals surface area contributed by atoms with Gasteiger partial charge in [-0.1, -0.05) is 19.1 Å². The molecule has 1 fully saturated rings. The summed E-state index contributed by atoms with van der Waals surface area (Å²) in [6, 6.07) is 0. The molecule has 1 aliphatic rings. The molecule has 6 atom stereocenters. The Balaban J connectivity index is 2.60. The van der Waals surface area contributed by atoms with Crippen molar-refractivity contribution in [2.24, 2.45) is 17.8 Å². The van der Waals surface area contributed by atoms with E-state index in [1.165, 1.54) is 0 Å². The first-order chi connectivity index (χ1) is 12.8. The molecule has 0 saturated heterocycles. The molecule has 0 aromatic carbocycles. The molecule has 0 aromatic heterocycles. The van der Waals surface area contributed by atoms with Crippen LogP contribution in [-0.2, 0) is 9.59 Å². The number of hydrogen-bond acceptors (Lipinski definition) is 4. The molecule has 0 spiro atoms. The van der Waals surface area contributed by atoms with Gasteiger partial charge in [0.1, 0.15) is 12.0 Å². The summed E-state index contributed by atoms with van der Waals surface area (Å²) in [7, 11) is 0. The third-order valence-corrected chi connectivity index (χ3v) is 5.14. The minimum Gasteiger partial charge on any atom is -0.481 e. The summed E-state index contributed by atoms with van der Waals surface area (Å²) in [6.07, 6.45) is 1.98. The maximum atomic E-state index is 14.3. The molecule has 0 radical (unpaired) electrons. The number of Topliss-reactive ketones (excluding diaryl/α,β-unsaturated/α-hetero) is 1. The van der Waals surface area contributed by atoms with E-state index in [1.807, 2.05) is 6.92 Å². The van der Waals surface area contributed by atoms with Crippen LogP contribution in [0, 0.1) is 29.6 Å². The quantitative estimate of drug-likeness (QED) is 0.290. The van der Waals surface area contributed by atoms with Gasteiger partial charge in [-0.15, -0.1) is 11.8 Å². The molecule has 1 aliphatic carbocycles. The second-order valence-corrected chi connectivity index (χ2v) is 7.39. The van der Waals surface area contributed by atoms with Gasteiger partial charge in [0.25, 0.3) is 0 Å². The van der Waals surface area contributed by atoms with Crippen molar-refractivity contribution in [2.75, 3.05) is 0 Å². The third-order valence-electron chi connectivity index (χ3n) is 5.14. The lowest BCUT2D eigenvalue weighted by atomic mass is 9.87. The molecule has 5 nitrogen and oxygen atoms in total. The van der Waals surface area contributed by atoms with Crippen LogP contribution >= 0.6 is 0 Å². The number of aliphatic carboxylic acids is 1. The summed E-state index contributed by atoms with van der Waals surface area (Å²) in [5.74, 6) is 3.46. The Morgan fingerprint density at radius 2 is 1.96 bits per heavy atom. The molecule has 1 rings (SSSR count). The summed E-state index contributed by atoms with van der Waals surface area (Å²) < 4.78 is 14.3. The number of carbonyl (C=O) groups is 2. The van der Waals surface area contributed by atoms with Crippen molar-refractivity contribution in [3.8, 4) is 11.8 Å². The van der Waals surface area contributed by atoms with E-state index in [1.54, 1.807) is 19.1 Å². The van der Waals surface area contributed by atoms with Crippen molar-refractivity contribution in [1.29, 1.82) is 0 Å². The smallest absolute Gasteiger partial charge is 0.303 e. The lowest BCUT2D eigenvalue weighted by Gasteiger charge is -2.20. The Morgan fingerprint density at radius 1 is 1.30 bits per heavy atom. The van der Waals surface area contributed by atoms with Crippen LogP contribution in [0.4, 0.5) is 4.39 Å². The van der Waals surface area contributed by atoms with Gasteiger partial charge in [-0.05, 0) is 25.7 Å². The zero-order valence-electron chi connectivity index (χ0n) is 16.1. The van der Waals surface area contributed by atoms with Gasteiger partial charge in [0.15, 0.2) is 0 Å². The van der Waals surface area contributed by atoms with E-state index in [0.717, 1.165) is 0 Å². The van der Waals surface area contributed by atoms with Crippen LogP contribution in [-0.4, -0.2) is 45.5 Å². The summed E-state index contributed by atoms with van der Waals surface area (Å²) in [5, 5.41) is 28.9. The minimum absolute atomic E-state index is 0.0150. The highest BCUT2D eigenvalue weighted by molar-refractivity contribution is 5.78. The normalized spacial score (nSPS) is 27.1. The number of ketones is 1. The van der Waals surface area contributed by atoms with Crippen molar-refractivity contribution in [3.63, 3.8) is 0 Å². The molecule has 152 valence electrons. The number of rotatable bonds is 11. The van der Waals surface area contributed by atoms with E-state index in [2.05, 4.69) is 11.8 Å². The van der Waals surface area contributed by atoms with Gasteiger partial charge in [-0.25, -0.2) is 4.39 Å². The van der Waals surface area contributed by atoms with Crippen LogP contribution in [0.2, 0.25) is 0 Å². The van der Waals surface area contributed by atoms with Gasteiger partial charge in [-0.3, -0.25) is 9.59 Å². The highest BCUT2D eigenvalue weighted by atomic mass is 19.1. The van der Waals surface area contributed by atoms with Gasteiger partial charge in [-0.2, -0.15) is 0 Å². The van der Waals surface area contributed by atoms with Crippen molar-refractivity contribution in [3.05, 3.63) is 12.2 Å². The number of alkyl halides is 1. The van der Waals surface area contributed by atoms with E-state index in [-0.39, 0.29) is 37.4 Å². The maximum absolute atomic E-state index is 14.3. The first-order valence-electron chi connectivity index (χ1n) is 9.57. The minimum atomic E-state index is -1.27. The predicted octanol–water partition coefficient (Wildman–Crippen LogP) is 2.89. The lowest BCUT2D eigenvalue weighted by Crippen LogP contribution is -2.23. The van der Waals surface area contributed by atoms with Gasteiger partial charge >= 0.3 is 5.97 Å². The summed E-state index contributed by atoms with van der Waals surface area (Å²) in [4.78, 5) is 22.6. The number of unbranched alkanes of at least 4 members (excludes halogenated alkanes) is 1. The van der Waals surface area contributed by atoms with E-state index in [4.69, 9.17) is 5.11 Å². The van der Waals surface area contributed by atoms with Gasteiger partial charge in [0, 0.05) is 43.9 Å². The van der Waals surface area contributed by atoms with Gasteiger partial charge in [0.05, 0.1) is 12.2 Å². The molecule has 0 heterocycles. The topological polar surface area (TPSA) is 94.8 Å². The highest BCUT2D eigenvalue weighted by Crippen LogP contribution is 2.38. The van der Waals surface area contributed by atoms with Crippen molar-refractivity contribution >= 4 is 11.8 Å². The predicted molar refractivity (Wildman–Crippen MR) is 101 cm³/mol. The average molecular weight is 382 g/mol. The fourth-order valence-corrected chi connectivity index (χ4v) is 3.40. The number of hydrogen-bond donors (Lipinski definition) is 3. The largest absolute Gasteiger partial charge is 0.481 e. The number of aliphatic hydroxyl groups excluding tert-OH is 2. The fraction of sp³-hybridized carbons (Fsp3) is 0.714. The molecular formula is C21H31FO5. The number of halogens is 1. The molecule has 0 amide bonds. The van der Waals surface area contributed by atoms with Crippen LogP contribution in [0.3, 0.4) is 0 Å². The third kappa shape index (κ3) is 8.23.